The van der Waals surface area contributed by atoms with E-state index < -0.39 is 10.2 Å². The zero-order valence-electron chi connectivity index (χ0n) is 9.01. The number of ether oxygens (including phenoxy) is 2. The van der Waals surface area contributed by atoms with Gasteiger partial charge in [0.2, 0.25) is 5.88 Å². The van der Waals surface area contributed by atoms with Crippen LogP contribution in [-0.4, -0.2) is 39.7 Å². The molecule has 16 heavy (non-hydrogen) atoms. The third-order valence-electron chi connectivity index (χ3n) is 1.58. The van der Waals surface area contributed by atoms with Crippen molar-refractivity contribution in [2.45, 2.75) is 0 Å². The van der Waals surface area contributed by atoms with E-state index in [1.54, 1.807) is 0 Å². The van der Waals surface area contributed by atoms with Crippen molar-refractivity contribution in [3.05, 3.63) is 6.07 Å². The Bertz CT molecular complexity index is 439. The van der Waals surface area contributed by atoms with Crippen molar-refractivity contribution in [2.24, 2.45) is 0 Å². The average molecular weight is 248 g/mol. The molecule has 1 rings (SSSR count). The Kier molecular flexibility index (Phi) is 3.85. The van der Waals surface area contributed by atoms with Crippen LogP contribution in [0.25, 0.3) is 0 Å². The molecule has 90 valence electrons. The summed E-state index contributed by atoms with van der Waals surface area (Å²) >= 11 is 0. The number of hydrogen-bond acceptors (Lipinski definition) is 6. The fourth-order valence-corrected chi connectivity index (χ4v) is 1.32. The van der Waals surface area contributed by atoms with E-state index in [0.29, 0.717) is 0 Å². The van der Waals surface area contributed by atoms with E-state index in [1.807, 2.05) is 0 Å². The van der Waals surface area contributed by atoms with Gasteiger partial charge in [-0.1, -0.05) is 0 Å². The first-order valence-corrected chi connectivity index (χ1v) is 5.67. The molecule has 2 N–H and O–H groups in total. The molecular weight excluding hydrogens is 236 g/mol. The minimum absolute atomic E-state index is 0.00755. The Balaban J connectivity index is 3.04. The molecule has 0 saturated heterocycles. The maximum absolute atomic E-state index is 11.2. The van der Waals surface area contributed by atoms with Crippen LogP contribution in [0.5, 0.6) is 11.9 Å². The Hall–Kier alpha value is -1.61. The van der Waals surface area contributed by atoms with Gasteiger partial charge in [0.1, 0.15) is 0 Å². The van der Waals surface area contributed by atoms with Gasteiger partial charge >= 0.3 is 6.01 Å². The number of aromatic nitrogens is 2. The summed E-state index contributed by atoms with van der Waals surface area (Å²) in [6, 6.07) is 1.34. The molecule has 0 bridgehead atoms. The molecule has 0 spiro atoms. The first kappa shape index (κ1) is 12.5. The summed E-state index contributed by atoms with van der Waals surface area (Å²) in [5.74, 6) is 0.249. The molecular formula is C7H12N4O4S. The molecule has 0 unspecified atom stereocenters. The average Bonchev–Trinajstić information content (AvgIpc) is 2.28. The van der Waals surface area contributed by atoms with Crippen molar-refractivity contribution in [3.63, 3.8) is 0 Å². The molecule has 0 saturated carbocycles. The lowest BCUT2D eigenvalue weighted by molar-refractivity contribution is 0.353. The SMILES string of the molecule is CNS(=O)(=O)Nc1cc(OC)nc(OC)n1. The monoisotopic (exact) mass is 248 g/mol. The second-order valence-electron chi connectivity index (χ2n) is 2.59. The maximum atomic E-state index is 11.2. The lowest BCUT2D eigenvalue weighted by Gasteiger charge is -2.08. The van der Waals surface area contributed by atoms with Gasteiger partial charge < -0.3 is 9.47 Å². The topological polar surface area (TPSA) is 102 Å². The van der Waals surface area contributed by atoms with E-state index in [0.717, 1.165) is 0 Å². The van der Waals surface area contributed by atoms with Crippen LogP contribution in [0.4, 0.5) is 5.82 Å². The van der Waals surface area contributed by atoms with Gasteiger partial charge in [-0.05, 0) is 0 Å². The van der Waals surface area contributed by atoms with Crippen molar-refractivity contribution < 1.29 is 17.9 Å². The van der Waals surface area contributed by atoms with Crippen molar-refractivity contribution in [3.8, 4) is 11.9 Å². The summed E-state index contributed by atoms with van der Waals surface area (Å²) in [4.78, 5) is 7.60. The van der Waals surface area contributed by atoms with Gasteiger partial charge in [-0.2, -0.15) is 18.4 Å². The third kappa shape index (κ3) is 3.21. The first-order chi connectivity index (χ1) is 7.50. The lowest BCUT2D eigenvalue weighted by atomic mass is 10.6. The minimum Gasteiger partial charge on any atom is -0.481 e. The van der Waals surface area contributed by atoms with Crippen LogP contribution in [-0.2, 0) is 10.2 Å². The van der Waals surface area contributed by atoms with E-state index in [1.165, 1.54) is 27.3 Å². The Morgan fingerprint density at radius 2 is 1.94 bits per heavy atom. The molecule has 0 aromatic carbocycles. The molecule has 0 aliphatic carbocycles. The molecule has 8 nitrogen and oxygen atoms in total. The summed E-state index contributed by atoms with van der Waals surface area (Å²) in [6.07, 6.45) is 0. The Morgan fingerprint density at radius 1 is 1.25 bits per heavy atom. The normalized spacial score (nSPS) is 10.9. The number of rotatable bonds is 5. The molecule has 0 atom stereocenters. The molecule has 0 radical (unpaired) electrons. The minimum atomic E-state index is -3.62. The first-order valence-electron chi connectivity index (χ1n) is 4.19. The van der Waals surface area contributed by atoms with Gasteiger partial charge in [0, 0.05) is 13.1 Å². The Labute approximate surface area is 93.2 Å². The molecule has 1 aromatic rings. The van der Waals surface area contributed by atoms with E-state index >= 15 is 0 Å². The molecule has 1 heterocycles. The van der Waals surface area contributed by atoms with Crippen molar-refractivity contribution in [1.29, 1.82) is 0 Å². The van der Waals surface area contributed by atoms with Gasteiger partial charge in [-0.25, -0.2) is 4.72 Å². The van der Waals surface area contributed by atoms with Crippen molar-refractivity contribution >= 4 is 16.0 Å². The number of nitrogens with one attached hydrogen (secondary N) is 2. The molecule has 0 aliphatic rings. The highest BCUT2D eigenvalue weighted by Gasteiger charge is 2.11. The highest BCUT2D eigenvalue weighted by Crippen LogP contribution is 2.17. The Morgan fingerprint density at radius 3 is 2.44 bits per heavy atom. The maximum Gasteiger partial charge on any atom is 0.321 e. The van der Waals surface area contributed by atoms with Gasteiger partial charge in [-0.15, -0.1) is 0 Å². The van der Waals surface area contributed by atoms with Crippen LogP contribution in [0.15, 0.2) is 6.07 Å². The zero-order chi connectivity index (χ0) is 12.2. The number of nitrogens with zero attached hydrogens (tertiary/aromatic N) is 2. The van der Waals surface area contributed by atoms with Crippen molar-refractivity contribution in [1.82, 2.24) is 14.7 Å². The van der Waals surface area contributed by atoms with Crippen LogP contribution < -0.4 is 18.9 Å². The largest absolute Gasteiger partial charge is 0.481 e. The zero-order valence-corrected chi connectivity index (χ0v) is 9.83. The third-order valence-corrected chi connectivity index (χ3v) is 2.60. The van der Waals surface area contributed by atoms with Gasteiger partial charge in [0.15, 0.2) is 5.82 Å². The predicted molar refractivity (Wildman–Crippen MR) is 56.7 cm³/mol. The predicted octanol–water partition coefficient (Wildman–Crippen LogP) is -0.630. The van der Waals surface area contributed by atoms with Crippen LogP contribution in [0.1, 0.15) is 0 Å². The van der Waals surface area contributed by atoms with E-state index in [4.69, 9.17) is 9.47 Å². The van der Waals surface area contributed by atoms with Crippen molar-refractivity contribution in [2.75, 3.05) is 26.0 Å². The van der Waals surface area contributed by atoms with Crippen LogP contribution in [0.3, 0.4) is 0 Å². The highest BCUT2D eigenvalue weighted by molar-refractivity contribution is 7.90. The van der Waals surface area contributed by atoms with Gasteiger partial charge in [-0.3, -0.25) is 4.72 Å². The number of anilines is 1. The van der Waals surface area contributed by atoms with Crippen LogP contribution in [0.2, 0.25) is 0 Å². The fraction of sp³-hybridized carbons (Fsp3) is 0.429. The summed E-state index contributed by atoms with van der Waals surface area (Å²) in [7, 11) is 0.419. The van der Waals surface area contributed by atoms with Gasteiger partial charge in [0.25, 0.3) is 10.2 Å². The van der Waals surface area contributed by atoms with E-state index in [2.05, 4.69) is 19.4 Å². The summed E-state index contributed by atoms with van der Waals surface area (Å²) in [5, 5.41) is 0. The standard InChI is InChI=1S/C7H12N4O4S/c1-8-16(12,13)11-5-4-6(14-2)10-7(9-5)15-3/h4,8H,1-3H3,(H,9,10,11). The molecule has 0 amide bonds. The highest BCUT2D eigenvalue weighted by atomic mass is 32.2. The number of hydrogen-bond donors (Lipinski definition) is 2. The summed E-state index contributed by atoms with van der Waals surface area (Å²) in [5.41, 5.74) is 0. The van der Waals surface area contributed by atoms with E-state index in [-0.39, 0.29) is 17.7 Å². The number of methoxy groups -OCH3 is 2. The summed E-state index contributed by atoms with van der Waals surface area (Å²) in [6.45, 7) is 0. The quantitative estimate of drug-likeness (QED) is 0.719. The smallest absolute Gasteiger partial charge is 0.321 e. The lowest BCUT2D eigenvalue weighted by Crippen LogP contribution is -2.26. The fourth-order valence-electron chi connectivity index (χ4n) is 0.841. The molecule has 0 fully saturated rings. The van der Waals surface area contributed by atoms with E-state index in [9.17, 15) is 8.42 Å². The second-order valence-corrected chi connectivity index (χ2v) is 4.21. The molecule has 9 heteroatoms. The van der Waals surface area contributed by atoms with Gasteiger partial charge in [0.05, 0.1) is 14.2 Å². The molecule has 1 aromatic heterocycles. The van der Waals surface area contributed by atoms with Crippen LogP contribution in [0, 0.1) is 0 Å². The molecule has 0 aliphatic heterocycles. The second kappa shape index (κ2) is 4.94. The van der Waals surface area contributed by atoms with Crippen LogP contribution >= 0.6 is 0 Å². The summed E-state index contributed by atoms with van der Waals surface area (Å²) < 4.78 is 36.3.